The van der Waals surface area contributed by atoms with Gasteiger partial charge < -0.3 is 10.1 Å². The van der Waals surface area contributed by atoms with Crippen LogP contribution in [0.5, 0.6) is 0 Å². The Bertz CT molecular complexity index is 463. The molecule has 1 N–H and O–H groups in total. The van der Waals surface area contributed by atoms with Gasteiger partial charge >= 0.3 is 5.97 Å². The van der Waals surface area contributed by atoms with Crippen LogP contribution in [0, 0.1) is 0 Å². The molecular formula is C12H13Cl2NO3. The molecule has 1 rings (SSSR count). The summed E-state index contributed by atoms with van der Waals surface area (Å²) >= 11 is 11.6. The molecule has 98 valence electrons. The SMILES string of the molecule is CC(=O)NC[C@@H](C)OC(=O)c1cc(Cl)ccc1Cl. The lowest BCUT2D eigenvalue weighted by Crippen LogP contribution is -2.31. The Hall–Kier alpha value is -1.26. The van der Waals surface area contributed by atoms with Crippen LogP contribution in [0.1, 0.15) is 24.2 Å². The molecule has 0 spiro atoms. The van der Waals surface area contributed by atoms with E-state index in [1.807, 2.05) is 0 Å². The maximum Gasteiger partial charge on any atom is 0.340 e. The summed E-state index contributed by atoms with van der Waals surface area (Å²) in [4.78, 5) is 22.5. The highest BCUT2D eigenvalue weighted by atomic mass is 35.5. The minimum absolute atomic E-state index is 0.182. The minimum atomic E-state index is -0.569. The van der Waals surface area contributed by atoms with Gasteiger partial charge in [-0.3, -0.25) is 4.79 Å². The number of benzene rings is 1. The highest BCUT2D eigenvalue weighted by molar-refractivity contribution is 6.35. The van der Waals surface area contributed by atoms with E-state index in [2.05, 4.69) is 5.32 Å². The van der Waals surface area contributed by atoms with E-state index < -0.39 is 12.1 Å². The van der Waals surface area contributed by atoms with E-state index in [0.29, 0.717) is 5.02 Å². The Balaban J connectivity index is 2.64. The van der Waals surface area contributed by atoms with Gasteiger partial charge in [-0.1, -0.05) is 23.2 Å². The molecule has 18 heavy (non-hydrogen) atoms. The normalized spacial score (nSPS) is 11.8. The summed E-state index contributed by atoms with van der Waals surface area (Å²) in [6, 6.07) is 4.55. The average Bonchev–Trinajstić information content (AvgIpc) is 2.29. The van der Waals surface area contributed by atoms with Gasteiger partial charge in [-0.15, -0.1) is 0 Å². The van der Waals surface area contributed by atoms with Crippen LogP contribution >= 0.6 is 23.2 Å². The first-order valence-corrected chi connectivity index (χ1v) is 6.06. The van der Waals surface area contributed by atoms with Crippen LogP contribution in [0.15, 0.2) is 18.2 Å². The van der Waals surface area contributed by atoms with Gasteiger partial charge in [0.15, 0.2) is 0 Å². The van der Waals surface area contributed by atoms with E-state index >= 15 is 0 Å². The minimum Gasteiger partial charge on any atom is -0.457 e. The standard InChI is InChI=1S/C12H13Cl2NO3/c1-7(6-15-8(2)16)18-12(17)10-5-9(13)3-4-11(10)14/h3-5,7H,6H2,1-2H3,(H,15,16)/t7-/m1/s1. The van der Waals surface area contributed by atoms with Crippen molar-refractivity contribution >= 4 is 35.1 Å². The lowest BCUT2D eigenvalue weighted by molar-refractivity contribution is -0.119. The zero-order valence-electron chi connectivity index (χ0n) is 10.00. The predicted molar refractivity (Wildman–Crippen MR) is 70.0 cm³/mol. The molecule has 1 aromatic rings. The molecule has 0 unspecified atom stereocenters. The lowest BCUT2D eigenvalue weighted by Gasteiger charge is -2.14. The fourth-order valence-electron chi connectivity index (χ4n) is 1.23. The van der Waals surface area contributed by atoms with Crippen molar-refractivity contribution < 1.29 is 14.3 Å². The van der Waals surface area contributed by atoms with Gasteiger partial charge in [0.25, 0.3) is 0 Å². The third-order valence-corrected chi connectivity index (χ3v) is 2.66. The number of carbonyl (C=O) groups excluding carboxylic acids is 2. The molecule has 0 bridgehead atoms. The molecular weight excluding hydrogens is 277 g/mol. The van der Waals surface area contributed by atoms with Gasteiger partial charge in [0.1, 0.15) is 6.10 Å². The van der Waals surface area contributed by atoms with Gasteiger partial charge in [0, 0.05) is 11.9 Å². The molecule has 1 atom stereocenters. The molecule has 0 fully saturated rings. The fraction of sp³-hybridized carbons (Fsp3) is 0.333. The molecule has 0 saturated carbocycles. The van der Waals surface area contributed by atoms with Crippen molar-refractivity contribution in [2.24, 2.45) is 0 Å². The monoisotopic (exact) mass is 289 g/mol. The molecule has 0 saturated heterocycles. The molecule has 4 nitrogen and oxygen atoms in total. The first-order valence-electron chi connectivity index (χ1n) is 5.30. The fourth-order valence-corrected chi connectivity index (χ4v) is 1.60. The Morgan fingerprint density at radius 1 is 1.39 bits per heavy atom. The largest absolute Gasteiger partial charge is 0.457 e. The zero-order chi connectivity index (χ0) is 13.7. The number of nitrogens with one attached hydrogen (secondary N) is 1. The van der Waals surface area contributed by atoms with Crippen LogP contribution < -0.4 is 5.32 Å². The van der Waals surface area contributed by atoms with Gasteiger partial charge in [-0.25, -0.2) is 4.79 Å². The van der Waals surface area contributed by atoms with Crippen molar-refractivity contribution in [1.82, 2.24) is 5.32 Å². The van der Waals surface area contributed by atoms with Crippen molar-refractivity contribution in [3.05, 3.63) is 33.8 Å². The van der Waals surface area contributed by atoms with Gasteiger partial charge in [-0.2, -0.15) is 0 Å². The van der Waals surface area contributed by atoms with Gasteiger partial charge in [0.2, 0.25) is 5.91 Å². The Labute approximate surface area is 115 Å². The van der Waals surface area contributed by atoms with Crippen molar-refractivity contribution in [3.63, 3.8) is 0 Å². The number of amides is 1. The predicted octanol–water partition coefficient (Wildman–Crippen LogP) is 2.67. The Morgan fingerprint density at radius 2 is 2.06 bits per heavy atom. The molecule has 1 aromatic carbocycles. The van der Waals surface area contributed by atoms with Crippen molar-refractivity contribution in [3.8, 4) is 0 Å². The molecule has 0 heterocycles. The van der Waals surface area contributed by atoms with Crippen LogP contribution in [0.2, 0.25) is 10.0 Å². The third kappa shape index (κ3) is 4.55. The first kappa shape index (κ1) is 14.8. The molecule has 0 radical (unpaired) electrons. The number of esters is 1. The summed E-state index contributed by atoms with van der Waals surface area (Å²) < 4.78 is 5.13. The van der Waals surface area contributed by atoms with Crippen LogP contribution in [0.3, 0.4) is 0 Å². The second-order valence-electron chi connectivity index (χ2n) is 3.78. The number of carbonyl (C=O) groups is 2. The van der Waals surface area contributed by atoms with E-state index in [4.69, 9.17) is 27.9 Å². The van der Waals surface area contributed by atoms with Crippen molar-refractivity contribution in [2.45, 2.75) is 20.0 Å². The van der Waals surface area contributed by atoms with Crippen LogP contribution in [-0.2, 0) is 9.53 Å². The first-order chi connectivity index (χ1) is 8.40. The second-order valence-corrected chi connectivity index (χ2v) is 4.62. The van der Waals surface area contributed by atoms with E-state index in [0.717, 1.165) is 0 Å². The van der Waals surface area contributed by atoms with Crippen LogP contribution in [0.4, 0.5) is 0 Å². The molecule has 0 aliphatic carbocycles. The van der Waals surface area contributed by atoms with Crippen molar-refractivity contribution in [2.75, 3.05) is 6.54 Å². The average molecular weight is 290 g/mol. The topological polar surface area (TPSA) is 55.4 Å². The second kappa shape index (κ2) is 6.61. The summed E-state index contributed by atoms with van der Waals surface area (Å²) in [5.74, 6) is -0.751. The maximum atomic E-state index is 11.8. The molecule has 0 aliphatic heterocycles. The number of ether oxygens (including phenoxy) is 1. The summed E-state index contributed by atoms with van der Waals surface area (Å²) in [7, 11) is 0. The highest BCUT2D eigenvalue weighted by Crippen LogP contribution is 2.21. The molecule has 6 heteroatoms. The Kier molecular flexibility index (Phi) is 5.44. The van der Waals surface area contributed by atoms with Gasteiger partial charge in [-0.05, 0) is 25.1 Å². The highest BCUT2D eigenvalue weighted by Gasteiger charge is 2.15. The van der Waals surface area contributed by atoms with E-state index in [1.54, 1.807) is 13.0 Å². The molecule has 0 aromatic heterocycles. The summed E-state index contributed by atoms with van der Waals surface area (Å²) in [6.45, 7) is 3.31. The van der Waals surface area contributed by atoms with Crippen molar-refractivity contribution in [1.29, 1.82) is 0 Å². The number of rotatable bonds is 4. The molecule has 1 amide bonds. The Morgan fingerprint density at radius 3 is 2.67 bits per heavy atom. The maximum absolute atomic E-state index is 11.8. The number of hydrogen-bond acceptors (Lipinski definition) is 3. The van der Waals surface area contributed by atoms with E-state index in [9.17, 15) is 9.59 Å². The zero-order valence-corrected chi connectivity index (χ0v) is 11.5. The van der Waals surface area contributed by atoms with E-state index in [-0.39, 0.29) is 23.0 Å². The summed E-state index contributed by atoms with van der Waals surface area (Å²) in [6.07, 6.45) is -0.448. The van der Waals surface area contributed by atoms with Crippen LogP contribution in [0.25, 0.3) is 0 Å². The third-order valence-electron chi connectivity index (χ3n) is 2.10. The lowest BCUT2D eigenvalue weighted by atomic mass is 10.2. The smallest absolute Gasteiger partial charge is 0.340 e. The summed E-state index contributed by atoms with van der Waals surface area (Å²) in [5.41, 5.74) is 0.207. The van der Waals surface area contributed by atoms with Crippen LogP contribution in [-0.4, -0.2) is 24.5 Å². The molecule has 0 aliphatic rings. The number of hydrogen-bond donors (Lipinski definition) is 1. The summed E-state index contributed by atoms with van der Waals surface area (Å²) in [5, 5.41) is 3.23. The number of halogens is 2. The quantitative estimate of drug-likeness (QED) is 0.867. The van der Waals surface area contributed by atoms with Gasteiger partial charge in [0.05, 0.1) is 17.1 Å². The van der Waals surface area contributed by atoms with E-state index in [1.165, 1.54) is 19.1 Å².